The second-order valence-corrected chi connectivity index (χ2v) is 5.66. The number of hydrogen-bond acceptors (Lipinski definition) is 2. The topological polar surface area (TPSA) is 49.3 Å². The van der Waals surface area contributed by atoms with E-state index in [1.165, 1.54) is 25.7 Å². The van der Waals surface area contributed by atoms with Crippen molar-refractivity contribution in [3.8, 4) is 0 Å². The second kappa shape index (κ2) is 6.39. The summed E-state index contributed by atoms with van der Waals surface area (Å²) in [6.45, 7) is 0. The van der Waals surface area contributed by atoms with Gasteiger partial charge in [0.15, 0.2) is 0 Å². The summed E-state index contributed by atoms with van der Waals surface area (Å²) in [4.78, 5) is 12.1. The average molecular weight is 239 g/mol. The minimum Gasteiger partial charge on any atom is -0.391 e. The smallest absolute Gasteiger partial charge is 0.223 e. The lowest BCUT2D eigenvalue weighted by Gasteiger charge is -2.29. The van der Waals surface area contributed by atoms with Crippen molar-refractivity contribution in [1.29, 1.82) is 0 Å². The third-order valence-corrected chi connectivity index (χ3v) is 4.28. The second-order valence-electron chi connectivity index (χ2n) is 5.66. The van der Waals surface area contributed by atoms with Crippen molar-refractivity contribution >= 4 is 5.91 Å². The highest BCUT2D eigenvalue weighted by molar-refractivity contribution is 5.79. The molecule has 0 saturated heterocycles. The Labute approximate surface area is 104 Å². The fourth-order valence-electron chi connectivity index (χ4n) is 3.12. The molecule has 2 N–H and O–H groups in total. The molecule has 0 aromatic rings. The average Bonchev–Trinajstić information content (AvgIpc) is 2.61. The van der Waals surface area contributed by atoms with Gasteiger partial charge in [-0.3, -0.25) is 4.79 Å². The number of amides is 1. The quantitative estimate of drug-likeness (QED) is 0.727. The van der Waals surface area contributed by atoms with Crippen LogP contribution >= 0.6 is 0 Å². The lowest BCUT2D eigenvalue weighted by molar-refractivity contribution is -0.127. The molecule has 3 nitrogen and oxygen atoms in total. The molecular formula is C14H25NO2. The molecule has 2 aliphatic rings. The minimum atomic E-state index is -0.321. The van der Waals surface area contributed by atoms with Gasteiger partial charge in [0.25, 0.3) is 0 Å². The van der Waals surface area contributed by atoms with Crippen molar-refractivity contribution in [2.24, 2.45) is 5.92 Å². The number of rotatable bonds is 2. The van der Waals surface area contributed by atoms with Crippen LogP contribution in [0.5, 0.6) is 0 Å². The maximum absolute atomic E-state index is 12.1. The van der Waals surface area contributed by atoms with Gasteiger partial charge in [0.2, 0.25) is 5.91 Å². The third-order valence-electron chi connectivity index (χ3n) is 4.28. The molecule has 0 bridgehead atoms. The van der Waals surface area contributed by atoms with E-state index in [-0.39, 0.29) is 24.0 Å². The van der Waals surface area contributed by atoms with Gasteiger partial charge in [0.05, 0.1) is 12.1 Å². The molecule has 0 unspecified atom stereocenters. The van der Waals surface area contributed by atoms with E-state index in [0.717, 1.165) is 38.5 Å². The van der Waals surface area contributed by atoms with Gasteiger partial charge in [-0.15, -0.1) is 0 Å². The summed E-state index contributed by atoms with van der Waals surface area (Å²) >= 11 is 0. The van der Waals surface area contributed by atoms with Gasteiger partial charge in [0.1, 0.15) is 0 Å². The lowest BCUT2D eigenvalue weighted by atomic mass is 9.91. The van der Waals surface area contributed by atoms with Crippen molar-refractivity contribution < 1.29 is 9.90 Å². The Morgan fingerprint density at radius 1 is 0.882 bits per heavy atom. The fourth-order valence-corrected chi connectivity index (χ4v) is 3.12. The molecule has 0 spiro atoms. The van der Waals surface area contributed by atoms with Gasteiger partial charge in [0, 0.05) is 5.92 Å². The van der Waals surface area contributed by atoms with Crippen molar-refractivity contribution in [2.75, 3.05) is 0 Å². The van der Waals surface area contributed by atoms with Gasteiger partial charge in [-0.25, -0.2) is 0 Å². The standard InChI is InChI=1S/C14H25NO2/c16-13-10-6-5-9-12(13)15-14(17)11-7-3-1-2-4-8-11/h11-13,16H,1-10H2,(H,15,17)/t12-,13-/m0/s1. The zero-order valence-electron chi connectivity index (χ0n) is 10.7. The Hall–Kier alpha value is -0.570. The first-order chi connectivity index (χ1) is 8.27. The summed E-state index contributed by atoms with van der Waals surface area (Å²) in [5.41, 5.74) is 0. The summed E-state index contributed by atoms with van der Waals surface area (Å²) < 4.78 is 0. The predicted molar refractivity (Wildman–Crippen MR) is 67.6 cm³/mol. The number of carbonyl (C=O) groups is 1. The van der Waals surface area contributed by atoms with E-state index < -0.39 is 0 Å². The number of carbonyl (C=O) groups excluding carboxylic acids is 1. The highest BCUT2D eigenvalue weighted by Gasteiger charge is 2.27. The normalized spacial score (nSPS) is 31.8. The van der Waals surface area contributed by atoms with Crippen LogP contribution in [-0.2, 0) is 4.79 Å². The Bertz CT molecular complexity index is 247. The van der Waals surface area contributed by atoms with E-state index in [1.807, 2.05) is 0 Å². The molecular weight excluding hydrogens is 214 g/mol. The molecule has 0 radical (unpaired) electrons. The highest BCUT2D eigenvalue weighted by Crippen LogP contribution is 2.24. The maximum atomic E-state index is 12.1. The van der Waals surface area contributed by atoms with Gasteiger partial charge in [-0.05, 0) is 25.7 Å². The molecule has 0 aromatic heterocycles. The lowest BCUT2D eigenvalue weighted by Crippen LogP contribution is -2.47. The summed E-state index contributed by atoms with van der Waals surface area (Å²) in [7, 11) is 0. The Balaban J connectivity index is 1.82. The van der Waals surface area contributed by atoms with E-state index in [9.17, 15) is 9.90 Å². The van der Waals surface area contributed by atoms with Gasteiger partial charge in [-0.1, -0.05) is 38.5 Å². The van der Waals surface area contributed by atoms with E-state index in [0.29, 0.717) is 0 Å². The van der Waals surface area contributed by atoms with E-state index in [2.05, 4.69) is 5.32 Å². The van der Waals surface area contributed by atoms with Crippen LogP contribution in [0.4, 0.5) is 0 Å². The molecule has 2 fully saturated rings. The molecule has 0 aliphatic heterocycles. The maximum Gasteiger partial charge on any atom is 0.223 e. The monoisotopic (exact) mass is 239 g/mol. The molecule has 0 aromatic carbocycles. The molecule has 2 aliphatic carbocycles. The molecule has 1 amide bonds. The van der Waals surface area contributed by atoms with Gasteiger partial charge in [-0.2, -0.15) is 0 Å². The Morgan fingerprint density at radius 2 is 1.47 bits per heavy atom. The molecule has 2 atom stereocenters. The number of hydrogen-bond donors (Lipinski definition) is 2. The summed E-state index contributed by atoms with van der Waals surface area (Å²) in [6, 6.07) is 0.0134. The minimum absolute atomic E-state index is 0.0134. The Kier molecular flexibility index (Phi) is 4.84. The summed E-state index contributed by atoms with van der Waals surface area (Å²) in [5, 5.41) is 12.9. The zero-order valence-corrected chi connectivity index (χ0v) is 10.7. The summed E-state index contributed by atoms with van der Waals surface area (Å²) in [5.74, 6) is 0.393. The van der Waals surface area contributed by atoms with Crippen molar-refractivity contribution in [3.63, 3.8) is 0 Å². The SMILES string of the molecule is O=C(N[C@H]1CCCC[C@@H]1O)C1CCCCCC1. The Morgan fingerprint density at radius 3 is 2.12 bits per heavy atom. The molecule has 2 saturated carbocycles. The van der Waals surface area contributed by atoms with Crippen LogP contribution in [0.25, 0.3) is 0 Å². The van der Waals surface area contributed by atoms with Crippen molar-refractivity contribution in [2.45, 2.75) is 76.4 Å². The largest absolute Gasteiger partial charge is 0.391 e. The number of aliphatic hydroxyl groups is 1. The van der Waals surface area contributed by atoms with Crippen LogP contribution in [-0.4, -0.2) is 23.2 Å². The third kappa shape index (κ3) is 3.70. The first-order valence-electron chi connectivity index (χ1n) is 7.26. The molecule has 98 valence electrons. The fraction of sp³-hybridized carbons (Fsp3) is 0.929. The zero-order chi connectivity index (χ0) is 12.1. The van der Waals surface area contributed by atoms with E-state index >= 15 is 0 Å². The molecule has 3 heteroatoms. The van der Waals surface area contributed by atoms with E-state index in [4.69, 9.17) is 0 Å². The summed E-state index contributed by atoms with van der Waals surface area (Å²) in [6.07, 6.45) is 10.7. The van der Waals surface area contributed by atoms with Crippen LogP contribution in [0.1, 0.15) is 64.2 Å². The highest BCUT2D eigenvalue weighted by atomic mass is 16.3. The first-order valence-corrected chi connectivity index (χ1v) is 7.26. The first kappa shape index (κ1) is 12.9. The molecule has 17 heavy (non-hydrogen) atoms. The van der Waals surface area contributed by atoms with Crippen molar-refractivity contribution in [3.05, 3.63) is 0 Å². The van der Waals surface area contributed by atoms with Crippen LogP contribution in [0.3, 0.4) is 0 Å². The van der Waals surface area contributed by atoms with E-state index in [1.54, 1.807) is 0 Å². The van der Waals surface area contributed by atoms with Crippen LogP contribution in [0.15, 0.2) is 0 Å². The predicted octanol–water partition coefficient (Wildman–Crippen LogP) is 2.38. The van der Waals surface area contributed by atoms with Gasteiger partial charge < -0.3 is 10.4 Å². The van der Waals surface area contributed by atoms with Crippen molar-refractivity contribution in [1.82, 2.24) is 5.32 Å². The van der Waals surface area contributed by atoms with Crippen LogP contribution in [0, 0.1) is 5.92 Å². The number of nitrogens with one attached hydrogen (secondary N) is 1. The molecule has 2 rings (SSSR count). The molecule has 0 heterocycles. The number of aliphatic hydroxyl groups excluding tert-OH is 1. The van der Waals surface area contributed by atoms with Crippen LogP contribution < -0.4 is 5.32 Å². The van der Waals surface area contributed by atoms with Gasteiger partial charge >= 0.3 is 0 Å². The van der Waals surface area contributed by atoms with Crippen LogP contribution in [0.2, 0.25) is 0 Å².